The first-order valence-corrected chi connectivity index (χ1v) is 11.1. The van der Waals surface area contributed by atoms with Crippen molar-refractivity contribution in [2.45, 2.75) is 0 Å². The lowest BCUT2D eigenvalue weighted by Crippen LogP contribution is -2.17. The highest BCUT2D eigenvalue weighted by Gasteiger charge is 2.13. The Morgan fingerprint density at radius 2 is 1.08 bits per heavy atom. The Labute approximate surface area is 215 Å². The zero-order valence-corrected chi connectivity index (χ0v) is 21.5. The molecule has 0 heterocycles. The summed E-state index contributed by atoms with van der Waals surface area (Å²) >= 11 is 0. The Hall–Kier alpha value is -4.73. The number of carbonyl (C=O) groups is 1. The van der Waals surface area contributed by atoms with Crippen molar-refractivity contribution in [3.8, 4) is 34.5 Å². The number of methoxy groups -OCH3 is 6. The minimum Gasteiger partial charge on any atom is -0.493 e. The molecule has 0 saturated carbocycles. The van der Waals surface area contributed by atoms with Gasteiger partial charge in [0.1, 0.15) is 0 Å². The summed E-state index contributed by atoms with van der Waals surface area (Å²) in [5.74, 6) is 2.63. The highest BCUT2D eigenvalue weighted by molar-refractivity contribution is 5.95. The van der Waals surface area contributed by atoms with Gasteiger partial charge in [-0.15, -0.1) is 0 Å². The molecule has 1 N–H and O–H groups in total. The number of carbonyl (C=O) groups excluding carboxylic acids is 1. The van der Waals surface area contributed by atoms with E-state index in [9.17, 15) is 4.79 Å². The quantitative estimate of drug-likeness (QED) is 0.305. The Balaban J connectivity index is 1.68. The van der Waals surface area contributed by atoms with Gasteiger partial charge in [0.25, 0.3) is 5.91 Å². The maximum absolute atomic E-state index is 12.5. The summed E-state index contributed by atoms with van der Waals surface area (Å²) < 4.78 is 32.0. The van der Waals surface area contributed by atoms with Gasteiger partial charge in [-0.1, -0.05) is 0 Å². The van der Waals surface area contributed by atoms with E-state index < -0.39 is 0 Å². The SMILES string of the molecule is COc1cc(C=NNC(=O)c2ccc(N=Cc3cc(OC)c(OC)c(OC)c3)cc2)cc(OC)c1OC. The van der Waals surface area contributed by atoms with Crippen molar-refractivity contribution in [3.63, 3.8) is 0 Å². The molecule has 0 unspecified atom stereocenters. The number of hydrazone groups is 1. The second-order valence-corrected chi connectivity index (χ2v) is 7.42. The molecule has 0 aliphatic heterocycles. The van der Waals surface area contributed by atoms with E-state index in [0.29, 0.717) is 51.3 Å². The van der Waals surface area contributed by atoms with Crippen molar-refractivity contribution in [1.29, 1.82) is 0 Å². The summed E-state index contributed by atoms with van der Waals surface area (Å²) in [5, 5.41) is 4.03. The van der Waals surface area contributed by atoms with E-state index in [2.05, 4.69) is 15.5 Å². The summed E-state index contributed by atoms with van der Waals surface area (Å²) in [7, 11) is 9.23. The van der Waals surface area contributed by atoms with E-state index >= 15 is 0 Å². The largest absolute Gasteiger partial charge is 0.493 e. The van der Waals surface area contributed by atoms with Gasteiger partial charge in [0, 0.05) is 22.9 Å². The van der Waals surface area contributed by atoms with Gasteiger partial charge >= 0.3 is 0 Å². The molecule has 37 heavy (non-hydrogen) atoms. The standard InChI is InChI=1S/C27H29N3O7/c1-32-21-11-17(12-22(33-2)25(21)36-5)15-28-20-9-7-19(8-10-20)27(31)30-29-16-18-13-23(34-3)26(37-6)24(14-18)35-4/h7-16H,1-6H3,(H,30,31). The van der Waals surface area contributed by atoms with Crippen molar-refractivity contribution in [1.82, 2.24) is 5.43 Å². The first-order valence-electron chi connectivity index (χ1n) is 11.1. The third kappa shape index (κ3) is 6.49. The van der Waals surface area contributed by atoms with Crippen LogP contribution in [-0.2, 0) is 0 Å². The molecule has 3 rings (SSSR count). The van der Waals surface area contributed by atoms with Crippen LogP contribution in [-0.4, -0.2) is 61.0 Å². The number of nitrogens with zero attached hydrogens (tertiary/aromatic N) is 2. The van der Waals surface area contributed by atoms with Gasteiger partial charge in [0.15, 0.2) is 23.0 Å². The van der Waals surface area contributed by atoms with Crippen LogP contribution in [0, 0.1) is 0 Å². The topological polar surface area (TPSA) is 109 Å². The van der Waals surface area contributed by atoms with Gasteiger partial charge in [-0.05, 0) is 48.5 Å². The molecule has 3 aromatic carbocycles. The van der Waals surface area contributed by atoms with E-state index in [1.54, 1.807) is 76.1 Å². The maximum atomic E-state index is 12.5. The lowest BCUT2D eigenvalue weighted by Gasteiger charge is -2.12. The predicted molar refractivity (Wildman–Crippen MR) is 141 cm³/mol. The molecule has 0 spiro atoms. The molecule has 10 nitrogen and oxygen atoms in total. The maximum Gasteiger partial charge on any atom is 0.271 e. The van der Waals surface area contributed by atoms with Crippen molar-refractivity contribution in [2.24, 2.45) is 10.1 Å². The molecule has 0 aliphatic rings. The molecule has 0 aliphatic carbocycles. The normalized spacial score (nSPS) is 10.9. The number of hydrogen-bond donors (Lipinski definition) is 1. The average Bonchev–Trinajstić information content (AvgIpc) is 2.94. The van der Waals surface area contributed by atoms with Crippen LogP contribution in [0.1, 0.15) is 21.5 Å². The van der Waals surface area contributed by atoms with Crippen LogP contribution in [0.2, 0.25) is 0 Å². The number of amides is 1. The van der Waals surface area contributed by atoms with E-state index in [-0.39, 0.29) is 5.91 Å². The summed E-state index contributed by atoms with van der Waals surface area (Å²) in [6.07, 6.45) is 3.15. The number of hydrogen-bond acceptors (Lipinski definition) is 9. The van der Waals surface area contributed by atoms with Crippen LogP contribution < -0.4 is 33.8 Å². The van der Waals surface area contributed by atoms with Crippen molar-refractivity contribution in [3.05, 3.63) is 65.2 Å². The van der Waals surface area contributed by atoms with Gasteiger partial charge in [0.2, 0.25) is 11.5 Å². The molecule has 0 aromatic heterocycles. The van der Waals surface area contributed by atoms with Crippen LogP contribution in [0.5, 0.6) is 34.5 Å². The number of nitrogens with one attached hydrogen (secondary N) is 1. The third-order valence-corrected chi connectivity index (χ3v) is 5.25. The summed E-state index contributed by atoms with van der Waals surface area (Å²) in [5.41, 5.74) is 5.01. The molecular formula is C27H29N3O7. The monoisotopic (exact) mass is 507 g/mol. The Kier molecular flexibility index (Phi) is 9.31. The van der Waals surface area contributed by atoms with E-state index in [1.165, 1.54) is 27.5 Å². The van der Waals surface area contributed by atoms with Crippen molar-refractivity contribution >= 4 is 24.0 Å². The summed E-state index contributed by atoms with van der Waals surface area (Å²) in [6.45, 7) is 0. The summed E-state index contributed by atoms with van der Waals surface area (Å²) in [4.78, 5) is 17.0. The molecule has 10 heteroatoms. The van der Waals surface area contributed by atoms with E-state index in [4.69, 9.17) is 28.4 Å². The Morgan fingerprint density at radius 3 is 1.49 bits per heavy atom. The molecule has 0 fully saturated rings. The smallest absolute Gasteiger partial charge is 0.271 e. The first-order chi connectivity index (χ1) is 18.0. The minimum atomic E-state index is -0.371. The van der Waals surface area contributed by atoms with Crippen LogP contribution in [0.25, 0.3) is 0 Å². The second kappa shape index (κ2) is 12.8. The highest BCUT2D eigenvalue weighted by atomic mass is 16.5. The van der Waals surface area contributed by atoms with Gasteiger partial charge in [-0.25, -0.2) is 5.43 Å². The number of benzene rings is 3. The molecule has 0 saturated heterocycles. The molecule has 194 valence electrons. The number of rotatable bonds is 11. The lowest BCUT2D eigenvalue weighted by atomic mass is 10.2. The molecule has 1 amide bonds. The van der Waals surface area contributed by atoms with Gasteiger partial charge < -0.3 is 28.4 Å². The molecule has 3 aromatic rings. The fourth-order valence-electron chi connectivity index (χ4n) is 3.43. The average molecular weight is 508 g/mol. The van der Waals surface area contributed by atoms with Gasteiger partial charge in [0.05, 0.1) is 54.6 Å². The van der Waals surface area contributed by atoms with Crippen LogP contribution >= 0.6 is 0 Å². The fraction of sp³-hybridized carbons (Fsp3) is 0.222. The van der Waals surface area contributed by atoms with Gasteiger partial charge in [-0.2, -0.15) is 5.10 Å². The van der Waals surface area contributed by atoms with E-state index in [0.717, 1.165) is 5.56 Å². The first kappa shape index (κ1) is 26.9. The Morgan fingerprint density at radius 1 is 0.649 bits per heavy atom. The predicted octanol–water partition coefficient (Wildman–Crippen LogP) is 4.25. The minimum absolute atomic E-state index is 0.371. The van der Waals surface area contributed by atoms with Crippen LogP contribution in [0.4, 0.5) is 5.69 Å². The van der Waals surface area contributed by atoms with Crippen LogP contribution in [0.3, 0.4) is 0 Å². The van der Waals surface area contributed by atoms with E-state index in [1.807, 2.05) is 0 Å². The van der Waals surface area contributed by atoms with Crippen molar-refractivity contribution in [2.75, 3.05) is 42.7 Å². The number of ether oxygens (including phenoxy) is 6. The zero-order chi connectivity index (χ0) is 26.8. The third-order valence-electron chi connectivity index (χ3n) is 5.25. The summed E-state index contributed by atoms with van der Waals surface area (Å²) in [6, 6.07) is 13.8. The molecule has 0 bridgehead atoms. The number of aliphatic imine (C=N–C) groups is 1. The lowest BCUT2D eigenvalue weighted by molar-refractivity contribution is 0.0955. The molecule has 0 radical (unpaired) electrons. The van der Waals surface area contributed by atoms with Crippen LogP contribution in [0.15, 0.2) is 58.6 Å². The molecule has 0 atom stereocenters. The fourth-order valence-corrected chi connectivity index (χ4v) is 3.43. The highest BCUT2D eigenvalue weighted by Crippen LogP contribution is 2.38. The zero-order valence-electron chi connectivity index (χ0n) is 21.5. The molecular weight excluding hydrogens is 478 g/mol. The van der Waals surface area contributed by atoms with Gasteiger partial charge in [-0.3, -0.25) is 9.79 Å². The Bertz CT molecular complexity index is 1240. The second-order valence-electron chi connectivity index (χ2n) is 7.42. The van der Waals surface area contributed by atoms with Crippen molar-refractivity contribution < 1.29 is 33.2 Å².